The van der Waals surface area contributed by atoms with E-state index in [9.17, 15) is 4.79 Å². The Morgan fingerprint density at radius 1 is 0.891 bits per heavy atom. The van der Waals surface area contributed by atoms with Gasteiger partial charge in [-0.1, -0.05) is 88.3 Å². The van der Waals surface area contributed by atoms with Crippen molar-refractivity contribution in [1.82, 2.24) is 24.5 Å². The zero-order valence-electron chi connectivity index (χ0n) is 34.6. The predicted molar refractivity (Wildman–Crippen MR) is 229 cm³/mol. The van der Waals surface area contributed by atoms with Crippen LogP contribution in [0.25, 0.3) is 34.1 Å². The largest absolute Gasteiger partial charge is 0.444 e. The summed E-state index contributed by atoms with van der Waals surface area (Å²) in [5.74, 6) is 0.967. The summed E-state index contributed by atoms with van der Waals surface area (Å²) >= 11 is 0. The molecule has 4 aromatic rings. The van der Waals surface area contributed by atoms with Gasteiger partial charge in [-0.15, -0.1) is 0 Å². The average molecular weight is 783 g/mol. The molecule has 2 aliphatic heterocycles. The van der Waals surface area contributed by atoms with Crippen LogP contribution < -0.4 is 4.90 Å². The summed E-state index contributed by atoms with van der Waals surface area (Å²) in [4.78, 5) is 28.0. The molecule has 2 saturated heterocycles. The number of anilines is 1. The van der Waals surface area contributed by atoms with Gasteiger partial charge >= 0.3 is 6.09 Å². The first-order chi connectivity index (χ1) is 26.0. The molecule has 0 saturated carbocycles. The molecule has 1 aromatic carbocycles. The molecule has 0 aliphatic carbocycles. The molecule has 12 heteroatoms. The van der Waals surface area contributed by atoms with Crippen LogP contribution in [-0.4, -0.2) is 91.1 Å². The monoisotopic (exact) mass is 782 g/mol. The number of hydrogen-bond donors (Lipinski definition) is 0. The molecule has 2 fully saturated rings. The zero-order chi connectivity index (χ0) is 39.5. The number of pyridine rings is 1. The van der Waals surface area contributed by atoms with Crippen LogP contribution in [0.1, 0.15) is 63.6 Å². The van der Waals surface area contributed by atoms with E-state index in [2.05, 4.69) is 75.0 Å². The van der Waals surface area contributed by atoms with E-state index >= 15 is 0 Å². The van der Waals surface area contributed by atoms with Gasteiger partial charge in [0.2, 0.25) is 0 Å². The molecule has 2 unspecified atom stereocenters. The minimum atomic E-state index is -1.30. The second-order valence-electron chi connectivity index (χ2n) is 18.7. The normalized spacial score (nSPS) is 18.9. The number of aromatic nitrogens is 4. The molecule has 6 rings (SSSR count). The molecule has 2 aliphatic rings. The van der Waals surface area contributed by atoms with E-state index in [-0.39, 0.29) is 24.1 Å². The van der Waals surface area contributed by atoms with Gasteiger partial charge in [-0.05, 0) is 64.6 Å². The Morgan fingerprint density at radius 2 is 1.51 bits per heavy atom. The maximum absolute atomic E-state index is 13.4. The summed E-state index contributed by atoms with van der Waals surface area (Å²) in [6.45, 7) is 26.4. The fourth-order valence-corrected chi connectivity index (χ4v) is 9.15. The minimum Gasteiger partial charge on any atom is -0.444 e. The van der Waals surface area contributed by atoms with Crippen molar-refractivity contribution in [2.24, 2.45) is 0 Å². The molecule has 2 atom stereocenters. The Morgan fingerprint density at radius 3 is 2.04 bits per heavy atom. The third-order valence-electron chi connectivity index (χ3n) is 10.5. The highest BCUT2D eigenvalue weighted by Crippen LogP contribution is 2.46. The van der Waals surface area contributed by atoms with Crippen molar-refractivity contribution in [2.75, 3.05) is 31.6 Å². The summed E-state index contributed by atoms with van der Waals surface area (Å²) in [6, 6.07) is 16.7. The molecular weight excluding hydrogens is 721 g/mol. The van der Waals surface area contributed by atoms with Crippen molar-refractivity contribution >= 4 is 39.8 Å². The minimum absolute atomic E-state index is 0.0859. The third kappa shape index (κ3) is 10.1. The van der Waals surface area contributed by atoms with E-state index in [0.29, 0.717) is 26.7 Å². The van der Waals surface area contributed by atoms with E-state index in [0.717, 1.165) is 82.9 Å². The van der Waals surface area contributed by atoms with Gasteiger partial charge in [0.25, 0.3) is 0 Å². The van der Waals surface area contributed by atoms with Crippen molar-refractivity contribution < 1.29 is 19.0 Å². The summed E-state index contributed by atoms with van der Waals surface area (Å²) in [5, 5.41) is 5.01. The molecule has 1 amide bonds. The molecule has 5 heterocycles. The van der Waals surface area contributed by atoms with Gasteiger partial charge < -0.3 is 24.0 Å². The lowest BCUT2D eigenvalue weighted by Gasteiger charge is -2.40. The maximum Gasteiger partial charge on any atom is 0.410 e. The highest BCUT2D eigenvalue weighted by molar-refractivity contribution is 6.76. The van der Waals surface area contributed by atoms with Crippen LogP contribution in [0.3, 0.4) is 0 Å². The van der Waals surface area contributed by atoms with E-state index in [1.807, 2.05) is 66.9 Å². The van der Waals surface area contributed by atoms with Crippen molar-refractivity contribution in [3.8, 4) is 22.4 Å². The summed E-state index contributed by atoms with van der Waals surface area (Å²) < 4.78 is 20.7. The van der Waals surface area contributed by atoms with E-state index in [1.165, 1.54) is 0 Å². The molecule has 0 N–H and O–H groups in total. The van der Waals surface area contributed by atoms with Crippen LogP contribution >= 0.6 is 0 Å². The smallest absolute Gasteiger partial charge is 0.410 e. The molecule has 2 bridgehead atoms. The zero-order valence-corrected chi connectivity index (χ0v) is 36.6. The summed E-state index contributed by atoms with van der Waals surface area (Å²) in [5.41, 5.74) is 5.93. The maximum atomic E-state index is 13.4. The lowest BCUT2D eigenvalue weighted by atomic mass is 9.86. The van der Waals surface area contributed by atoms with Crippen LogP contribution in [0, 0.1) is 0 Å². The van der Waals surface area contributed by atoms with E-state index < -0.39 is 21.7 Å². The number of carbonyl (C=O) groups excluding carboxylic acids is 1. The van der Waals surface area contributed by atoms with Gasteiger partial charge in [-0.2, -0.15) is 9.61 Å². The number of piperidine rings is 1. The predicted octanol–water partition coefficient (Wildman–Crippen LogP) is 10.2. The third-order valence-corrected chi connectivity index (χ3v) is 14.0. The van der Waals surface area contributed by atoms with Crippen LogP contribution in [0.5, 0.6) is 0 Å². The van der Waals surface area contributed by atoms with E-state index in [4.69, 9.17) is 29.3 Å². The molecule has 296 valence electrons. The van der Waals surface area contributed by atoms with Crippen molar-refractivity contribution in [1.29, 1.82) is 0 Å². The molecule has 55 heavy (non-hydrogen) atoms. The van der Waals surface area contributed by atoms with Gasteiger partial charge in [0, 0.05) is 75.8 Å². The highest BCUT2D eigenvalue weighted by atomic mass is 28.3. The van der Waals surface area contributed by atoms with Crippen LogP contribution in [-0.2, 0) is 14.2 Å². The van der Waals surface area contributed by atoms with Gasteiger partial charge in [0.05, 0.1) is 17.6 Å². The van der Waals surface area contributed by atoms with Gasteiger partial charge in [-0.3, -0.25) is 4.98 Å². The van der Waals surface area contributed by atoms with Crippen molar-refractivity contribution in [2.45, 2.75) is 121 Å². The van der Waals surface area contributed by atoms with Crippen LogP contribution in [0.15, 0.2) is 61.4 Å². The second-order valence-corrected chi connectivity index (χ2v) is 29.9. The summed E-state index contributed by atoms with van der Waals surface area (Å²) in [7, 11) is -2.61. The first-order valence-corrected chi connectivity index (χ1v) is 27.4. The average Bonchev–Trinajstić information content (AvgIpc) is 3.66. The number of benzene rings is 1. The van der Waals surface area contributed by atoms with Crippen molar-refractivity contribution in [3.05, 3.63) is 72.7 Å². The number of hydrogen-bond acceptors (Lipinski definition) is 8. The Hall–Kier alpha value is -3.85. The molecule has 0 spiro atoms. The Labute approximate surface area is 330 Å². The van der Waals surface area contributed by atoms with Crippen LogP contribution in [0.4, 0.5) is 10.6 Å². The van der Waals surface area contributed by atoms with E-state index in [1.54, 1.807) is 0 Å². The molecule has 10 nitrogen and oxygen atoms in total. The number of rotatable bonds is 15. The molecule has 3 aromatic heterocycles. The number of fused-ring (bicyclic) bond motifs is 3. The quantitative estimate of drug-likeness (QED) is 0.0669. The second kappa shape index (κ2) is 16.7. The Kier molecular flexibility index (Phi) is 12.4. The highest BCUT2D eigenvalue weighted by Gasteiger charge is 2.46. The fourth-order valence-electron chi connectivity index (χ4n) is 7.63. The standard InChI is InChI=1S/C43H62N6O4Si2/c1-11-36-39(33-25-34-18-19-35(26-33)48(34)42(50)53-43(2,3)4)46-40-37(32-17-20-38(44-27-32)31-15-13-12-14-16-31)28-45-49(40)41(36)47(29-51-21-23-54(5,6)7)30-52-22-24-55(8,9)10/h11-17,20,27-28,33-35H,1,18-19,21-26,29-30H2,2-10H3. The SMILES string of the molecule is C=Cc1c(C2CC3CCC(C2)N3C(=O)OC(C)(C)C)nc2c(-c3ccc(-c4ccccc4)nc3)cnn2c1N(COCC[Si](C)(C)C)COCC[Si](C)(C)C. The Bertz CT molecular complexity index is 1900. The molecular formula is C43H62N6O4Si2. The lowest BCUT2D eigenvalue weighted by molar-refractivity contribution is 0.00568. The number of ether oxygens (including phenoxy) is 3. The van der Waals surface area contributed by atoms with Gasteiger partial charge in [0.15, 0.2) is 5.65 Å². The number of carbonyl (C=O) groups is 1. The Balaban J connectivity index is 1.42. The summed E-state index contributed by atoms with van der Waals surface area (Å²) in [6.07, 6.45) is 9.04. The first-order valence-electron chi connectivity index (χ1n) is 20.0. The number of amides is 1. The van der Waals surface area contributed by atoms with Gasteiger partial charge in [-0.25, -0.2) is 9.78 Å². The van der Waals surface area contributed by atoms with Gasteiger partial charge in [0.1, 0.15) is 24.9 Å². The molecule has 0 radical (unpaired) electrons. The van der Waals surface area contributed by atoms with Crippen molar-refractivity contribution in [3.63, 3.8) is 0 Å². The number of nitrogens with zero attached hydrogens (tertiary/aromatic N) is 6. The first kappa shape index (κ1) is 40.8. The topological polar surface area (TPSA) is 94.3 Å². The fraction of sp³-hybridized carbons (Fsp3) is 0.535. The van der Waals surface area contributed by atoms with Crippen LogP contribution in [0.2, 0.25) is 51.4 Å². The lowest BCUT2D eigenvalue weighted by Crippen LogP contribution is -2.48.